The fraction of sp³-hybridized carbons (Fsp3) is 0.280. The van der Waals surface area contributed by atoms with Crippen LogP contribution in [0, 0.1) is 6.92 Å². The van der Waals surface area contributed by atoms with Gasteiger partial charge in [0.1, 0.15) is 6.04 Å². The van der Waals surface area contributed by atoms with E-state index >= 15 is 0 Å². The van der Waals surface area contributed by atoms with E-state index in [1.165, 1.54) is 0 Å². The van der Waals surface area contributed by atoms with E-state index in [1.54, 1.807) is 24.3 Å². The number of nitrogens with one attached hydrogen (secondary N) is 1. The average molecular weight is 484 g/mol. The molecule has 0 spiro atoms. The maximum Gasteiger partial charge on any atom is 0.326 e. The first kappa shape index (κ1) is 25.0. The molecule has 3 N–H and O–H groups in total. The third kappa shape index (κ3) is 6.23. The Hall–Kier alpha value is -3.65. The highest BCUT2D eigenvalue weighted by molar-refractivity contribution is 6.35. The lowest BCUT2D eigenvalue weighted by molar-refractivity contribution is -0.140. The number of rotatable bonds is 10. The van der Waals surface area contributed by atoms with E-state index in [4.69, 9.17) is 16.7 Å². The summed E-state index contributed by atoms with van der Waals surface area (Å²) in [6, 6.07) is 13.4. The summed E-state index contributed by atoms with van der Waals surface area (Å²) in [6.45, 7) is 5.28. The minimum atomic E-state index is -1.27. The summed E-state index contributed by atoms with van der Waals surface area (Å²) in [7, 11) is 0. The Kier molecular flexibility index (Phi) is 8.07. The molecule has 1 aromatic heterocycles. The lowest BCUT2D eigenvalue weighted by Gasteiger charge is -2.24. The molecule has 2 aromatic carbocycles. The molecule has 1 atom stereocenters. The molecule has 1 heterocycles. The molecule has 3 rings (SSSR count). The summed E-state index contributed by atoms with van der Waals surface area (Å²) >= 11 is 6.40. The molecule has 0 aliphatic heterocycles. The number of aliphatic carboxylic acids is 2. The first-order valence-electron chi connectivity index (χ1n) is 10.8. The number of fused-ring (bicyclic) bond motifs is 1. The predicted molar refractivity (Wildman–Crippen MR) is 130 cm³/mol. The summed E-state index contributed by atoms with van der Waals surface area (Å²) < 4.78 is 0. The number of anilines is 1. The number of carbonyl (C=O) groups excluding carboxylic acids is 1. The molecular formula is C25H26ClN3O5. The smallest absolute Gasteiger partial charge is 0.326 e. The molecule has 178 valence electrons. The van der Waals surface area contributed by atoms with Crippen molar-refractivity contribution in [2.75, 3.05) is 11.4 Å². The molecule has 0 fully saturated rings. The zero-order chi connectivity index (χ0) is 24.8. The Labute approximate surface area is 202 Å². The van der Waals surface area contributed by atoms with Crippen molar-refractivity contribution in [3.8, 4) is 0 Å². The molecule has 0 aliphatic rings. The maximum absolute atomic E-state index is 12.5. The third-order valence-corrected chi connectivity index (χ3v) is 5.76. The number of benzene rings is 2. The highest BCUT2D eigenvalue weighted by Crippen LogP contribution is 2.26. The largest absolute Gasteiger partial charge is 0.481 e. The van der Waals surface area contributed by atoms with Crippen molar-refractivity contribution in [1.82, 2.24) is 10.3 Å². The Morgan fingerprint density at radius 1 is 1.09 bits per heavy atom. The molecule has 0 saturated heterocycles. The Balaban J connectivity index is 1.72. The number of pyridine rings is 1. The van der Waals surface area contributed by atoms with Gasteiger partial charge in [0, 0.05) is 41.8 Å². The third-order valence-electron chi connectivity index (χ3n) is 5.45. The number of carbonyl (C=O) groups is 3. The Morgan fingerprint density at radius 2 is 1.79 bits per heavy atom. The van der Waals surface area contributed by atoms with Crippen LogP contribution in [0.4, 0.5) is 5.69 Å². The van der Waals surface area contributed by atoms with Crippen molar-refractivity contribution in [1.29, 1.82) is 0 Å². The molecule has 0 unspecified atom stereocenters. The Bertz CT molecular complexity index is 1210. The van der Waals surface area contributed by atoms with Gasteiger partial charge in [0.25, 0.3) is 5.91 Å². The number of nitrogens with zero attached hydrogens (tertiary/aromatic N) is 2. The summed E-state index contributed by atoms with van der Waals surface area (Å²) in [4.78, 5) is 41.2. The van der Waals surface area contributed by atoms with Gasteiger partial charge >= 0.3 is 11.9 Å². The fourth-order valence-corrected chi connectivity index (χ4v) is 3.96. The molecule has 1 amide bonds. The van der Waals surface area contributed by atoms with Crippen LogP contribution in [0.15, 0.2) is 48.5 Å². The second-order valence-electron chi connectivity index (χ2n) is 7.95. The fourth-order valence-electron chi connectivity index (χ4n) is 3.65. The van der Waals surface area contributed by atoms with Crippen LogP contribution in [-0.2, 0) is 16.1 Å². The van der Waals surface area contributed by atoms with Gasteiger partial charge in [-0.1, -0.05) is 17.7 Å². The van der Waals surface area contributed by atoms with Crippen molar-refractivity contribution in [3.05, 3.63) is 70.4 Å². The van der Waals surface area contributed by atoms with Crippen molar-refractivity contribution in [2.45, 2.75) is 39.3 Å². The number of hydrogen-bond acceptors (Lipinski definition) is 5. The number of carboxylic acids is 2. The second kappa shape index (κ2) is 11.0. The highest BCUT2D eigenvalue weighted by atomic mass is 35.5. The normalized spacial score (nSPS) is 11.7. The number of hydrogen-bond donors (Lipinski definition) is 3. The van der Waals surface area contributed by atoms with Crippen molar-refractivity contribution < 1.29 is 24.6 Å². The molecule has 0 bridgehead atoms. The zero-order valence-corrected chi connectivity index (χ0v) is 19.7. The van der Waals surface area contributed by atoms with Gasteiger partial charge in [-0.3, -0.25) is 14.6 Å². The van der Waals surface area contributed by atoms with E-state index in [0.717, 1.165) is 34.4 Å². The molecule has 3 aromatic rings. The molecule has 0 aliphatic carbocycles. The summed E-state index contributed by atoms with van der Waals surface area (Å²) in [5, 5.41) is 21.9. The summed E-state index contributed by atoms with van der Waals surface area (Å²) in [6.07, 6.45) is -0.541. The SMILES string of the molecule is CCN(Cc1ccc2nc(C)cc(Cl)c2c1)c1ccc(C(=O)N[C@@H](CCC(=O)O)C(=O)O)cc1. The van der Waals surface area contributed by atoms with Crippen molar-refractivity contribution in [2.24, 2.45) is 0 Å². The molecule has 9 heteroatoms. The summed E-state index contributed by atoms with van der Waals surface area (Å²) in [5.74, 6) is -2.96. The molecule has 0 radical (unpaired) electrons. The minimum absolute atomic E-state index is 0.192. The number of aromatic nitrogens is 1. The monoisotopic (exact) mass is 483 g/mol. The van der Waals surface area contributed by atoms with Gasteiger partial charge in [0.05, 0.1) is 10.5 Å². The predicted octanol–water partition coefficient (Wildman–Crippen LogP) is 4.27. The number of halogens is 1. The summed E-state index contributed by atoms with van der Waals surface area (Å²) in [5.41, 5.74) is 3.95. The minimum Gasteiger partial charge on any atom is -0.481 e. The molecule has 8 nitrogen and oxygen atoms in total. The van der Waals surface area contributed by atoms with E-state index < -0.39 is 23.9 Å². The van der Waals surface area contributed by atoms with Gasteiger partial charge in [0.2, 0.25) is 0 Å². The molecular weight excluding hydrogens is 458 g/mol. The first-order chi connectivity index (χ1) is 16.2. The van der Waals surface area contributed by atoms with Crippen LogP contribution in [0.2, 0.25) is 5.02 Å². The zero-order valence-electron chi connectivity index (χ0n) is 18.9. The van der Waals surface area contributed by atoms with Crippen LogP contribution in [0.25, 0.3) is 10.9 Å². The van der Waals surface area contributed by atoms with Gasteiger partial charge < -0.3 is 20.4 Å². The van der Waals surface area contributed by atoms with Gasteiger partial charge in [0.15, 0.2) is 0 Å². The highest BCUT2D eigenvalue weighted by Gasteiger charge is 2.21. The van der Waals surface area contributed by atoms with E-state index in [0.29, 0.717) is 17.1 Å². The standard InChI is InChI=1S/C25H26ClN3O5/c1-3-29(14-16-4-9-21-19(13-16)20(26)12-15(2)27-21)18-7-5-17(6-8-18)24(32)28-22(25(33)34)10-11-23(30)31/h4-9,12-13,22H,3,10-11,14H2,1-2H3,(H,28,32)(H,30,31)(H,33,34)/t22-/m0/s1. The van der Waals surface area contributed by atoms with Crippen molar-refractivity contribution in [3.63, 3.8) is 0 Å². The quantitative estimate of drug-likeness (QED) is 0.394. The van der Waals surface area contributed by atoms with Gasteiger partial charge in [-0.05, 0) is 68.3 Å². The van der Waals surface area contributed by atoms with Gasteiger partial charge in [-0.2, -0.15) is 0 Å². The van der Waals surface area contributed by atoms with Gasteiger partial charge in [-0.15, -0.1) is 0 Å². The average Bonchev–Trinajstić information content (AvgIpc) is 2.80. The van der Waals surface area contributed by atoms with E-state index in [1.807, 2.05) is 38.1 Å². The van der Waals surface area contributed by atoms with Crippen LogP contribution < -0.4 is 10.2 Å². The maximum atomic E-state index is 12.5. The van der Waals surface area contributed by atoms with Crippen LogP contribution in [-0.4, -0.2) is 45.6 Å². The molecule has 34 heavy (non-hydrogen) atoms. The van der Waals surface area contributed by atoms with Crippen LogP contribution >= 0.6 is 11.6 Å². The molecule has 0 saturated carbocycles. The van der Waals surface area contributed by atoms with E-state index in [2.05, 4.69) is 15.2 Å². The lowest BCUT2D eigenvalue weighted by atomic mass is 10.1. The van der Waals surface area contributed by atoms with Crippen LogP contribution in [0.5, 0.6) is 0 Å². The number of carboxylic acid groups (broad SMARTS) is 2. The second-order valence-corrected chi connectivity index (χ2v) is 8.36. The lowest BCUT2D eigenvalue weighted by Crippen LogP contribution is -2.41. The van der Waals surface area contributed by atoms with Crippen molar-refractivity contribution >= 4 is 46.0 Å². The Morgan fingerprint density at radius 3 is 2.41 bits per heavy atom. The number of amides is 1. The van der Waals surface area contributed by atoms with E-state index in [-0.39, 0.29) is 12.8 Å². The van der Waals surface area contributed by atoms with Crippen LogP contribution in [0.3, 0.4) is 0 Å². The first-order valence-corrected chi connectivity index (χ1v) is 11.2. The number of aryl methyl sites for hydroxylation is 1. The topological polar surface area (TPSA) is 120 Å². The van der Waals surface area contributed by atoms with E-state index in [9.17, 15) is 19.5 Å². The van der Waals surface area contributed by atoms with Gasteiger partial charge in [-0.25, -0.2) is 4.79 Å². The van der Waals surface area contributed by atoms with Crippen LogP contribution in [0.1, 0.15) is 41.4 Å².